The lowest BCUT2D eigenvalue weighted by atomic mass is 10.0. The van der Waals surface area contributed by atoms with Gasteiger partial charge in [-0.05, 0) is 30.7 Å². The molecule has 3 rings (SSSR count). The van der Waals surface area contributed by atoms with Crippen molar-refractivity contribution in [2.75, 3.05) is 0 Å². The van der Waals surface area contributed by atoms with E-state index in [0.29, 0.717) is 34.8 Å². The third-order valence-corrected chi connectivity index (χ3v) is 4.34. The topological polar surface area (TPSA) is 98.3 Å². The van der Waals surface area contributed by atoms with E-state index < -0.39 is 10.9 Å². The summed E-state index contributed by atoms with van der Waals surface area (Å²) in [5, 5.41) is 25.9. The van der Waals surface area contributed by atoms with Crippen LogP contribution in [0.2, 0.25) is 5.02 Å². The number of aromatic carboxylic acids is 1. The first kappa shape index (κ1) is 18.6. The van der Waals surface area contributed by atoms with E-state index in [1.165, 1.54) is 18.2 Å². The van der Waals surface area contributed by atoms with E-state index in [-0.39, 0.29) is 16.9 Å². The van der Waals surface area contributed by atoms with Gasteiger partial charge in [0, 0.05) is 22.7 Å². The maximum Gasteiger partial charge on any atom is 0.339 e. The van der Waals surface area contributed by atoms with E-state index in [0.717, 1.165) is 0 Å². The molecule has 0 aliphatic carbocycles. The molecule has 1 aromatic heterocycles. The Hall–Kier alpha value is -3.19. The molecule has 0 unspecified atom stereocenters. The van der Waals surface area contributed by atoms with Crippen LogP contribution in [0.1, 0.15) is 29.4 Å². The summed E-state index contributed by atoms with van der Waals surface area (Å²) < 4.78 is 1.57. The third kappa shape index (κ3) is 3.68. The summed E-state index contributed by atoms with van der Waals surface area (Å²) in [4.78, 5) is 22.6. The van der Waals surface area contributed by atoms with Gasteiger partial charge in [0.05, 0.1) is 16.3 Å². The van der Waals surface area contributed by atoms with Crippen molar-refractivity contribution in [3.05, 3.63) is 74.9 Å². The molecule has 0 amide bonds. The number of carbonyl (C=O) groups is 1. The van der Waals surface area contributed by atoms with E-state index in [1.54, 1.807) is 35.0 Å². The normalized spacial score (nSPS) is 10.7. The van der Waals surface area contributed by atoms with Crippen LogP contribution in [-0.2, 0) is 6.42 Å². The average molecular weight is 386 g/mol. The molecule has 138 valence electrons. The molecule has 1 N–H and O–H groups in total. The maximum absolute atomic E-state index is 12.0. The number of halogens is 1. The maximum atomic E-state index is 12.0. The third-order valence-electron chi connectivity index (χ3n) is 4.08. The standard InChI is InChI=1S/C19H16ClN3O4/c1-2-4-16-17(19(24)25)18(12-5-3-6-15(11-12)23(26)27)21-22(16)14-9-7-13(20)8-10-14/h3,5-11H,2,4H2,1H3,(H,24,25). The SMILES string of the molecule is CCCc1c(C(=O)O)c(-c2cccc([N+](=O)[O-])c2)nn1-c1ccc(Cl)cc1. The second-order valence-electron chi connectivity index (χ2n) is 5.92. The van der Waals surface area contributed by atoms with Gasteiger partial charge in [0.2, 0.25) is 0 Å². The molecule has 1 heterocycles. The second kappa shape index (κ2) is 7.59. The number of carboxylic acids is 1. The van der Waals surface area contributed by atoms with Crippen molar-refractivity contribution >= 4 is 23.3 Å². The van der Waals surface area contributed by atoms with Crippen LogP contribution in [0.5, 0.6) is 0 Å². The van der Waals surface area contributed by atoms with Crippen molar-refractivity contribution in [2.45, 2.75) is 19.8 Å². The van der Waals surface area contributed by atoms with Gasteiger partial charge in [0.15, 0.2) is 0 Å². The van der Waals surface area contributed by atoms with Crippen molar-refractivity contribution in [3.8, 4) is 16.9 Å². The number of hydrogen-bond donors (Lipinski definition) is 1. The van der Waals surface area contributed by atoms with Crippen molar-refractivity contribution in [2.24, 2.45) is 0 Å². The molecule has 0 fully saturated rings. The molecule has 27 heavy (non-hydrogen) atoms. The zero-order valence-electron chi connectivity index (χ0n) is 14.4. The van der Waals surface area contributed by atoms with Gasteiger partial charge in [-0.25, -0.2) is 9.48 Å². The second-order valence-corrected chi connectivity index (χ2v) is 6.36. The molecule has 0 aliphatic rings. The van der Waals surface area contributed by atoms with E-state index >= 15 is 0 Å². The van der Waals surface area contributed by atoms with Crippen LogP contribution in [0.3, 0.4) is 0 Å². The minimum Gasteiger partial charge on any atom is -0.478 e. The van der Waals surface area contributed by atoms with Gasteiger partial charge in [0.25, 0.3) is 5.69 Å². The van der Waals surface area contributed by atoms with Crippen molar-refractivity contribution in [1.29, 1.82) is 0 Å². The highest BCUT2D eigenvalue weighted by Crippen LogP contribution is 2.31. The van der Waals surface area contributed by atoms with Gasteiger partial charge < -0.3 is 5.11 Å². The quantitative estimate of drug-likeness (QED) is 0.487. The lowest BCUT2D eigenvalue weighted by Gasteiger charge is -2.07. The first-order valence-electron chi connectivity index (χ1n) is 8.28. The molecule has 0 radical (unpaired) electrons. The molecule has 0 spiro atoms. The molecule has 8 heteroatoms. The van der Waals surface area contributed by atoms with Crippen LogP contribution in [0, 0.1) is 10.1 Å². The minimum atomic E-state index is -1.12. The first-order valence-corrected chi connectivity index (χ1v) is 8.66. The van der Waals surface area contributed by atoms with Crippen LogP contribution < -0.4 is 0 Å². The predicted octanol–water partition coefficient (Wildman–Crippen LogP) is 4.75. The first-order chi connectivity index (χ1) is 12.9. The largest absolute Gasteiger partial charge is 0.478 e. The fraction of sp³-hybridized carbons (Fsp3) is 0.158. The number of aromatic nitrogens is 2. The molecule has 0 saturated heterocycles. The number of rotatable bonds is 6. The van der Waals surface area contributed by atoms with Crippen LogP contribution in [0.25, 0.3) is 16.9 Å². The number of benzene rings is 2. The van der Waals surface area contributed by atoms with Gasteiger partial charge in [-0.2, -0.15) is 5.10 Å². The summed E-state index contributed by atoms with van der Waals surface area (Å²) >= 11 is 5.94. The zero-order chi connectivity index (χ0) is 19.6. The average Bonchev–Trinajstić information content (AvgIpc) is 3.02. The number of nitrogens with zero attached hydrogens (tertiary/aromatic N) is 3. The van der Waals surface area contributed by atoms with Crippen molar-refractivity contribution < 1.29 is 14.8 Å². The predicted molar refractivity (Wildman–Crippen MR) is 102 cm³/mol. The molecular weight excluding hydrogens is 370 g/mol. The molecular formula is C19H16ClN3O4. The molecule has 7 nitrogen and oxygen atoms in total. The highest BCUT2D eigenvalue weighted by atomic mass is 35.5. The molecule has 0 atom stereocenters. The summed E-state index contributed by atoms with van der Waals surface area (Å²) in [6, 6.07) is 12.7. The Kier molecular flexibility index (Phi) is 5.23. The summed E-state index contributed by atoms with van der Waals surface area (Å²) in [6.07, 6.45) is 1.21. The fourth-order valence-corrected chi connectivity index (χ4v) is 3.04. The molecule has 2 aromatic carbocycles. The number of nitro groups is 1. The molecule has 0 saturated carbocycles. The number of carboxylic acid groups (broad SMARTS) is 1. The number of hydrogen-bond acceptors (Lipinski definition) is 4. The number of nitro benzene ring substituents is 1. The van der Waals surface area contributed by atoms with E-state index in [4.69, 9.17) is 11.6 Å². The van der Waals surface area contributed by atoms with Gasteiger partial charge in [0.1, 0.15) is 11.3 Å². The van der Waals surface area contributed by atoms with Crippen molar-refractivity contribution in [1.82, 2.24) is 9.78 Å². The van der Waals surface area contributed by atoms with Gasteiger partial charge in [-0.15, -0.1) is 0 Å². The highest BCUT2D eigenvalue weighted by molar-refractivity contribution is 6.30. The highest BCUT2D eigenvalue weighted by Gasteiger charge is 2.25. The summed E-state index contributed by atoms with van der Waals surface area (Å²) in [5.41, 5.74) is 1.71. The smallest absolute Gasteiger partial charge is 0.339 e. The van der Waals surface area contributed by atoms with E-state index in [9.17, 15) is 20.0 Å². The minimum absolute atomic E-state index is 0.0484. The Balaban J connectivity index is 2.26. The Morgan fingerprint density at radius 3 is 2.56 bits per heavy atom. The summed E-state index contributed by atoms with van der Waals surface area (Å²) in [5.74, 6) is -1.12. The van der Waals surface area contributed by atoms with E-state index in [2.05, 4.69) is 5.10 Å². The fourth-order valence-electron chi connectivity index (χ4n) is 2.91. The van der Waals surface area contributed by atoms with Crippen LogP contribution in [0.15, 0.2) is 48.5 Å². The molecule has 0 bridgehead atoms. The summed E-state index contributed by atoms with van der Waals surface area (Å²) in [7, 11) is 0. The lowest BCUT2D eigenvalue weighted by Crippen LogP contribution is -2.06. The lowest BCUT2D eigenvalue weighted by molar-refractivity contribution is -0.384. The van der Waals surface area contributed by atoms with Gasteiger partial charge in [-0.1, -0.05) is 37.1 Å². The summed E-state index contributed by atoms with van der Waals surface area (Å²) in [6.45, 7) is 1.94. The van der Waals surface area contributed by atoms with Gasteiger partial charge >= 0.3 is 5.97 Å². The number of non-ortho nitro benzene ring substituents is 1. The molecule has 3 aromatic rings. The zero-order valence-corrected chi connectivity index (χ0v) is 15.2. The molecule has 0 aliphatic heterocycles. The monoisotopic (exact) mass is 385 g/mol. The van der Waals surface area contributed by atoms with Crippen LogP contribution >= 0.6 is 11.6 Å². The van der Waals surface area contributed by atoms with Crippen LogP contribution in [0.4, 0.5) is 5.69 Å². The van der Waals surface area contributed by atoms with Crippen molar-refractivity contribution in [3.63, 3.8) is 0 Å². The Labute approximate surface area is 160 Å². The van der Waals surface area contributed by atoms with Crippen LogP contribution in [-0.4, -0.2) is 25.8 Å². The Morgan fingerprint density at radius 1 is 1.26 bits per heavy atom. The van der Waals surface area contributed by atoms with E-state index in [1.807, 2.05) is 6.92 Å². The van der Waals surface area contributed by atoms with Gasteiger partial charge in [-0.3, -0.25) is 10.1 Å². The Morgan fingerprint density at radius 2 is 1.96 bits per heavy atom. The Bertz CT molecular complexity index is 1010.